The summed E-state index contributed by atoms with van der Waals surface area (Å²) in [5, 5.41) is 1.36. The van der Waals surface area contributed by atoms with Gasteiger partial charge < -0.3 is 19.9 Å². The minimum atomic E-state index is -0.402. The second kappa shape index (κ2) is 6.92. The predicted octanol–water partition coefficient (Wildman–Crippen LogP) is 0.901. The predicted molar refractivity (Wildman–Crippen MR) is 97.5 cm³/mol. The van der Waals surface area contributed by atoms with E-state index >= 15 is 0 Å². The van der Waals surface area contributed by atoms with Crippen LogP contribution in [0.1, 0.15) is 34.1 Å². The molecule has 2 aliphatic rings. The van der Waals surface area contributed by atoms with Gasteiger partial charge in [0.2, 0.25) is 0 Å². The van der Waals surface area contributed by atoms with E-state index in [1.807, 2.05) is 40.1 Å². The minimum Gasteiger partial charge on any atom is -0.399 e. The summed E-state index contributed by atoms with van der Waals surface area (Å²) in [6, 6.07) is 0. The van der Waals surface area contributed by atoms with Gasteiger partial charge in [-0.2, -0.15) is 0 Å². The van der Waals surface area contributed by atoms with Crippen molar-refractivity contribution in [3.05, 3.63) is 12.4 Å². The van der Waals surface area contributed by atoms with Crippen molar-refractivity contribution in [3.8, 4) is 0 Å². The lowest BCUT2D eigenvalue weighted by atomic mass is 9.81. The van der Waals surface area contributed by atoms with Gasteiger partial charge in [-0.05, 0) is 40.7 Å². The Morgan fingerprint density at radius 2 is 1.88 bits per heavy atom. The summed E-state index contributed by atoms with van der Waals surface area (Å²) in [4.78, 5) is 11.4. The van der Waals surface area contributed by atoms with Crippen molar-refractivity contribution >= 4 is 24.3 Å². The fraction of sp³-hybridized carbons (Fsp3) is 0.750. The molecule has 2 fully saturated rings. The quantitative estimate of drug-likeness (QED) is 0.625. The number of rotatable bonds is 5. The SMILES string of the molecule is CC1(C)OB(c2cnc(S[C@@H]3CCN(CCN)C3)nc2)OC1(C)C. The van der Waals surface area contributed by atoms with Gasteiger partial charge in [-0.15, -0.1) is 0 Å². The standard InChI is InChI=1S/C16H27BN4O2S/c1-15(2)16(3,4)23-17(22-15)12-9-19-14(20-10-12)24-13-5-7-21(11-13)8-6-18/h9-10,13H,5-8,11,18H2,1-4H3/t13-/m1/s1. The maximum Gasteiger partial charge on any atom is 0.498 e. The van der Waals surface area contributed by atoms with Gasteiger partial charge in [0.25, 0.3) is 0 Å². The molecule has 24 heavy (non-hydrogen) atoms. The summed E-state index contributed by atoms with van der Waals surface area (Å²) in [5.74, 6) is 0. The third-order valence-electron chi connectivity index (χ3n) is 5.12. The Kier molecular flexibility index (Phi) is 5.23. The number of thioether (sulfide) groups is 1. The van der Waals surface area contributed by atoms with Crippen LogP contribution in [0.3, 0.4) is 0 Å². The van der Waals surface area contributed by atoms with Crippen molar-refractivity contribution in [1.29, 1.82) is 0 Å². The highest BCUT2D eigenvalue weighted by Gasteiger charge is 2.51. The Morgan fingerprint density at radius 3 is 2.46 bits per heavy atom. The first-order valence-corrected chi connectivity index (χ1v) is 9.45. The van der Waals surface area contributed by atoms with Gasteiger partial charge in [0.15, 0.2) is 5.16 Å². The molecule has 2 aliphatic heterocycles. The third-order valence-corrected chi connectivity index (χ3v) is 6.26. The Morgan fingerprint density at radius 1 is 1.25 bits per heavy atom. The van der Waals surface area contributed by atoms with Crippen LogP contribution in [0.5, 0.6) is 0 Å². The number of nitrogens with two attached hydrogens (primary N) is 1. The van der Waals surface area contributed by atoms with Crippen LogP contribution < -0.4 is 11.2 Å². The Labute approximate surface area is 149 Å². The summed E-state index contributed by atoms with van der Waals surface area (Å²) < 4.78 is 12.1. The molecular weight excluding hydrogens is 323 g/mol. The number of nitrogens with zero attached hydrogens (tertiary/aromatic N) is 3. The van der Waals surface area contributed by atoms with Crippen molar-refractivity contribution in [1.82, 2.24) is 14.9 Å². The molecule has 8 heteroatoms. The van der Waals surface area contributed by atoms with E-state index in [2.05, 4.69) is 14.9 Å². The number of aromatic nitrogens is 2. The molecule has 3 heterocycles. The van der Waals surface area contributed by atoms with Gasteiger partial charge in [-0.3, -0.25) is 0 Å². The molecule has 3 rings (SSSR count). The molecule has 0 spiro atoms. The molecule has 0 aromatic carbocycles. The molecule has 0 saturated carbocycles. The first-order chi connectivity index (χ1) is 11.3. The van der Waals surface area contributed by atoms with Crippen molar-refractivity contribution in [2.45, 2.75) is 55.7 Å². The zero-order valence-electron chi connectivity index (χ0n) is 15.0. The molecule has 2 N–H and O–H groups in total. The van der Waals surface area contributed by atoms with Crippen LogP contribution in [-0.4, -0.2) is 64.6 Å². The van der Waals surface area contributed by atoms with E-state index in [1.165, 1.54) is 0 Å². The average Bonchev–Trinajstić information content (AvgIpc) is 3.02. The highest BCUT2D eigenvalue weighted by molar-refractivity contribution is 7.99. The van der Waals surface area contributed by atoms with E-state index in [-0.39, 0.29) is 11.2 Å². The van der Waals surface area contributed by atoms with E-state index in [0.717, 1.165) is 43.2 Å². The smallest absolute Gasteiger partial charge is 0.399 e. The number of hydrogen-bond acceptors (Lipinski definition) is 7. The fourth-order valence-electron chi connectivity index (χ4n) is 2.92. The Bertz CT molecular complexity index is 554. The normalized spacial score (nSPS) is 26.2. The highest BCUT2D eigenvalue weighted by Crippen LogP contribution is 2.36. The summed E-state index contributed by atoms with van der Waals surface area (Å²) in [5.41, 5.74) is 5.80. The zero-order chi connectivity index (χ0) is 17.4. The molecule has 0 radical (unpaired) electrons. The summed E-state index contributed by atoms with van der Waals surface area (Å²) >= 11 is 1.75. The molecule has 6 nitrogen and oxygen atoms in total. The molecule has 0 aliphatic carbocycles. The van der Waals surface area contributed by atoms with E-state index in [0.29, 0.717) is 5.25 Å². The van der Waals surface area contributed by atoms with Gasteiger partial charge in [0, 0.05) is 42.7 Å². The summed E-state index contributed by atoms with van der Waals surface area (Å²) in [6.45, 7) is 12.0. The van der Waals surface area contributed by atoms with E-state index in [4.69, 9.17) is 15.0 Å². The molecule has 1 atom stereocenters. The summed E-state index contributed by atoms with van der Waals surface area (Å²) in [7, 11) is -0.402. The van der Waals surface area contributed by atoms with Gasteiger partial charge in [0.1, 0.15) is 0 Å². The number of likely N-dealkylation sites (tertiary alicyclic amines) is 1. The Balaban J connectivity index is 1.59. The van der Waals surface area contributed by atoms with Crippen LogP contribution >= 0.6 is 11.8 Å². The third kappa shape index (κ3) is 3.78. The lowest BCUT2D eigenvalue weighted by molar-refractivity contribution is 0.00578. The first kappa shape index (κ1) is 18.1. The molecule has 1 aromatic rings. The summed E-state index contributed by atoms with van der Waals surface area (Å²) in [6.07, 6.45) is 4.81. The van der Waals surface area contributed by atoms with Crippen LogP contribution in [0.25, 0.3) is 0 Å². The molecular formula is C16H27BN4O2S. The number of hydrogen-bond donors (Lipinski definition) is 1. The van der Waals surface area contributed by atoms with Gasteiger partial charge in [-0.25, -0.2) is 9.97 Å². The molecule has 1 aromatic heterocycles. The average molecular weight is 350 g/mol. The monoisotopic (exact) mass is 350 g/mol. The lowest BCUT2D eigenvalue weighted by Gasteiger charge is -2.32. The van der Waals surface area contributed by atoms with Crippen LogP contribution in [0, 0.1) is 0 Å². The van der Waals surface area contributed by atoms with Crippen LogP contribution in [0.2, 0.25) is 0 Å². The zero-order valence-corrected chi connectivity index (χ0v) is 15.8. The van der Waals surface area contributed by atoms with Crippen LogP contribution in [-0.2, 0) is 9.31 Å². The van der Waals surface area contributed by atoms with Crippen molar-refractivity contribution < 1.29 is 9.31 Å². The van der Waals surface area contributed by atoms with Crippen molar-refractivity contribution in [3.63, 3.8) is 0 Å². The van der Waals surface area contributed by atoms with Crippen LogP contribution in [0.15, 0.2) is 17.6 Å². The van der Waals surface area contributed by atoms with Crippen molar-refractivity contribution in [2.75, 3.05) is 26.2 Å². The second-order valence-electron chi connectivity index (χ2n) is 7.51. The fourth-order valence-corrected chi connectivity index (χ4v) is 3.95. The lowest BCUT2D eigenvalue weighted by Crippen LogP contribution is -2.41. The maximum absolute atomic E-state index is 6.04. The van der Waals surface area contributed by atoms with Crippen LogP contribution in [0.4, 0.5) is 0 Å². The van der Waals surface area contributed by atoms with E-state index < -0.39 is 7.12 Å². The van der Waals surface area contributed by atoms with Crippen molar-refractivity contribution in [2.24, 2.45) is 5.73 Å². The van der Waals surface area contributed by atoms with Gasteiger partial charge in [-0.1, -0.05) is 11.8 Å². The first-order valence-electron chi connectivity index (χ1n) is 8.57. The highest BCUT2D eigenvalue weighted by atomic mass is 32.2. The second-order valence-corrected chi connectivity index (χ2v) is 8.77. The Hall–Kier alpha value is -0.665. The topological polar surface area (TPSA) is 73.5 Å². The molecule has 132 valence electrons. The van der Waals surface area contributed by atoms with E-state index in [9.17, 15) is 0 Å². The van der Waals surface area contributed by atoms with Gasteiger partial charge >= 0.3 is 7.12 Å². The molecule has 0 bridgehead atoms. The van der Waals surface area contributed by atoms with Gasteiger partial charge in [0.05, 0.1) is 11.2 Å². The minimum absolute atomic E-state index is 0.346. The largest absolute Gasteiger partial charge is 0.498 e. The molecule has 0 unspecified atom stereocenters. The maximum atomic E-state index is 6.04. The molecule has 0 amide bonds. The van der Waals surface area contributed by atoms with E-state index in [1.54, 1.807) is 11.8 Å². The molecule has 2 saturated heterocycles.